The Balaban J connectivity index is 1.76. The highest BCUT2D eigenvalue weighted by molar-refractivity contribution is 7.17. The number of pyridine rings is 1. The first-order valence-corrected chi connectivity index (χ1v) is 11.0. The van der Waals surface area contributed by atoms with Gasteiger partial charge in [0, 0.05) is 11.1 Å². The van der Waals surface area contributed by atoms with Gasteiger partial charge in [-0.25, -0.2) is 14.6 Å². The molecule has 160 valence electrons. The summed E-state index contributed by atoms with van der Waals surface area (Å²) in [6, 6.07) is 2.82. The van der Waals surface area contributed by atoms with Gasteiger partial charge >= 0.3 is 11.9 Å². The number of hydrogen-bond donors (Lipinski definition) is 1. The van der Waals surface area contributed by atoms with E-state index in [0.29, 0.717) is 10.6 Å². The molecule has 0 saturated heterocycles. The number of nitrogens with one attached hydrogen (secondary N) is 1. The predicted octanol–water partition coefficient (Wildman–Crippen LogP) is 4.43. The zero-order chi connectivity index (χ0) is 21.7. The molecule has 0 radical (unpaired) electrons. The van der Waals surface area contributed by atoms with Crippen molar-refractivity contribution < 1.29 is 23.9 Å². The molecule has 1 aliphatic carbocycles. The van der Waals surface area contributed by atoms with Gasteiger partial charge in [0.2, 0.25) is 0 Å². The van der Waals surface area contributed by atoms with Crippen LogP contribution in [0, 0.1) is 0 Å². The summed E-state index contributed by atoms with van der Waals surface area (Å²) in [5.41, 5.74) is 1.58. The van der Waals surface area contributed by atoms with Gasteiger partial charge < -0.3 is 14.8 Å². The molecule has 1 amide bonds. The number of nitrogens with zero attached hydrogens (tertiary/aromatic N) is 1. The Morgan fingerprint density at radius 1 is 1.23 bits per heavy atom. The molecule has 3 rings (SSSR count). The van der Waals surface area contributed by atoms with Crippen molar-refractivity contribution in [1.82, 2.24) is 4.98 Å². The molecule has 0 fully saturated rings. The smallest absolute Gasteiger partial charge is 0.341 e. The van der Waals surface area contributed by atoms with Gasteiger partial charge in [-0.15, -0.1) is 11.3 Å². The molecular weight excluding hydrogens is 428 g/mol. The van der Waals surface area contributed by atoms with Gasteiger partial charge in [-0.3, -0.25) is 4.79 Å². The van der Waals surface area contributed by atoms with E-state index in [1.807, 2.05) is 0 Å². The van der Waals surface area contributed by atoms with Crippen LogP contribution in [0.1, 0.15) is 64.3 Å². The van der Waals surface area contributed by atoms with E-state index in [9.17, 15) is 14.4 Å². The lowest BCUT2D eigenvalue weighted by Gasteiger charge is -2.14. The van der Waals surface area contributed by atoms with E-state index >= 15 is 0 Å². The van der Waals surface area contributed by atoms with Crippen molar-refractivity contribution in [2.75, 3.05) is 11.9 Å². The van der Waals surface area contributed by atoms with Crippen molar-refractivity contribution in [3.8, 4) is 0 Å². The van der Waals surface area contributed by atoms with E-state index < -0.39 is 23.9 Å². The third-order valence-corrected chi connectivity index (χ3v) is 6.17. The molecular formula is C21H23ClN2O5S. The maximum absolute atomic E-state index is 12.7. The van der Waals surface area contributed by atoms with Gasteiger partial charge in [0.25, 0.3) is 5.91 Å². The zero-order valence-electron chi connectivity index (χ0n) is 16.8. The van der Waals surface area contributed by atoms with E-state index in [2.05, 4.69) is 10.3 Å². The van der Waals surface area contributed by atoms with Crippen molar-refractivity contribution in [3.05, 3.63) is 45.1 Å². The van der Waals surface area contributed by atoms with Crippen LogP contribution in [0.15, 0.2) is 18.3 Å². The lowest BCUT2D eigenvalue weighted by atomic mass is 10.1. The first kappa shape index (κ1) is 22.2. The van der Waals surface area contributed by atoms with Crippen molar-refractivity contribution in [2.45, 2.75) is 52.1 Å². The maximum Gasteiger partial charge on any atom is 0.341 e. The Kier molecular flexibility index (Phi) is 7.44. The van der Waals surface area contributed by atoms with Crippen molar-refractivity contribution >= 4 is 45.8 Å². The summed E-state index contributed by atoms with van der Waals surface area (Å²) < 4.78 is 10.5. The summed E-state index contributed by atoms with van der Waals surface area (Å²) >= 11 is 7.18. The molecule has 0 bridgehead atoms. The van der Waals surface area contributed by atoms with Gasteiger partial charge in [0.15, 0.2) is 6.10 Å². The Labute approximate surface area is 183 Å². The average molecular weight is 451 g/mol. The van der Waals surface area contributed by atoms with Crippen LogP contribution < -0.4 is 5.32 Å². The number of carbonyl (C=O) groups is 3. The summed E-state index contributed by atoms with van der Waals surface area (Å²) in [4.78, 5) is 42.4. The van der Waals surface area contributed by atoms with E-state index in [0.717, 1.165) is 42.5 Å². The Hall–Kier alpha value is -2.45. The summed E-state index contributed by atoms with van der Waals surface area (Å²) in [7, 11) is 0. The standard InChI is InChI=1S/C21H23ClN2O5S/c1-3-28-21(27)17-14-7-5-4-6-8-15(14)30-19(17)24-18(25)12(2)29-20(26)13-9-10-23-16(22)11-13/h9-12H,3-8H2,1-2H3,(H,24,25). The number of esters is 2. The number of carbonyl (C=O) groups excluding carboxylic acids is 3. The van der Waals surface area contributed by atoms with Crippen LogP contribution in [0.25, 0.3) is 0 Å². The van der Waals surface area contributed by atoms with Crippen LogP contribution >= 0.6 is 22.9 Å². The fraction of sp³-hybridized carbons (Fsp3) is 0.429. The van der Waals surface area contributed by atoms with Crippen molar-refractivity contribution in [1.29, 1.82) is 0 Å². The first-order valence-electron chi connectivity index (χ1n) is 9.85. The Morgan fingerprint density at radius 3 is 2.73 bits per heavy atom. The molecule has 0 aliphatic heterocycles. The number of halogens is 1. The van der Waals surface area contributed by atoms with Crippen molar-refractivity contribution in [3.63, 3.8) is 0 Å². The summed E-state index contributed by atoms with van der Waals surface area (Å²) in [5, 5.41) is 3.36. The fourth-order valence-electron chi connectivity index (χ4n) is 3.28. The largest absolute Gasteiger partial charge is 0.462 e. The number of fused-ring (bicyclic) bond motifs is 1. The van der Waals surface area contributed by atoms with Gasteiger partial charge in [0.1, 0.15) is 10.2 Å². The molecule has 0 spiro atoms. The van der Waals surface area contributed by atoms with Crippen LogP contribution in [0.2, 0.25) is 5.15 Å². The highest BCUT2D eigenvalue weighted by Gasteiger charge is 2.28. The SMILES string of the molecule is CCOC(=O)c1c(NC(=O)C(C)OC(=O)c2ccnc(Cl)c2)sc2c1CCCCC2. The topological polar surface area (TPSA) is 94.6 Å². The minimum atomic E-state index is -1.07. The first-order chi connectivity index (χ1) is 14.4. The quantitative estimate of drug-likeness (QED) is 0.397. The molecule has 1 aliphatic rings. The average Bonchev–Trinajstić information content (AvgIpc) is 2.88. The molecule has 30 heavy (non-hydrogen) atoms. The number of amides is 1. The summed E-state index contributed by atoms with van der Waals surface area (Å²) in [6.45, 7) is 3.46. The molecule has 1 atom stereocenters. The predicted molar refractivity (Wildman–Crippen MR) is 114 cm³/mol. The van der Waals surface area contributed by atoms with Crippen LogP contribution in [-0.2, 0) is 27.1 Å². The molecule has 7 nitrogen and oxygen atoms in total. The Bertz CT molecular complexity index is 959. The number of rotatable bonds is 6. The highest BCUT2D eigenvalue weighted by Crippen LogP contribution is 2.38. The van der Waals surface area contributed by atoms with Crippen molar-refractivity contribution in [2.24, 2.45) is 0 Å². The number of thiophene rings is 1. The van der Waals surface area contributed by atoms with Crippen LogP contribution in [0.5, 0.6) is 0 Å². The second-order valence-electron chi connectivity index (χ2n) is 6.89. The minimum Gasteiger partial charge on any atom is -0.462 e. The van der Waals surface area contributed by atoms with E-state index in [1.165, 1.54) is 36.6 Å². The monoisotopic (exact) mass is 450 g/mol. The van der Waals surface area contributed by atoms with Crippen LogP contribution in [0.3, 0.4) is 0 Å². The third-order valence-electron chi connectivity index (χ3n) is 4.75. The van der Waals surface area contributed by atoms with E-state index in [4.69, 9.17) is 21.1 Å². The summed E-state index contributed by atoms with van der Waals surface area (Å²) in [6.07, 6.45) is 5.11. The normalized spacial score (nSPS) is 14.2. The van der Waals surface area contributed by atoms with E-state index in [-0.39, 0.29) is 17.3 Å². The fourth-order valence-corrected chi connectivity index (χ4v) is 4.73. The zero-order valence-corrected chi connectivity index (χ0v) is 18.4. The molecule has 2 aromatic rings. The van der Waals surface area contributed by atoms with Gasteiger partial charge in [-0.1, -0.05) is 18.0 Å². The molecule has 0 aromatic carbocycles. The summed E-state index contributed by atoms with van der Waals surface area (Å²) in [5.74, 6) is -1.65. The minimum absolute atomic E-state index is 0.153. The molecule has 9 heteroatoms. The molecule has 2 heterocycles. The molecule has 2 aromatic heterocycles. The number of anilines is 1. The van der Waals surface area contributed by atoms with Gasteiger partial charge in [0.05, 0.1) is 17.7 Å². The van der Waals surface area contributed by atoms with Crippen LogP contribution in [-0.4, -0.2) is 35.5 Å². The molecule has 0 saturated carbocycles. The lowest BCUT2D eigenvalue weighted by molar-refractivity contribution is -0.123. The second kappa shape index (κ2) is 10.0. The van der Waals surface area contributed by atoms with Crippen LogP contribution in [0.4, 0.5) is 5.00 Å². The molecule has 1 unspecified atom stereocenters. The second-order valence-corrected chi connectivity index (χ2v) is 8.39. The number of aromatic nitrogens is 1. The number of hydrogen-bond acceptors (Lipinski definition) is 7. The molecule has 1 N–H and O–H groups in total. The van der Waals surface area contributed by atoms with E-state index in [1.54, 1.807) is 6.92 Å². The lowest BCUT2D eigenvalue weighted by Crippen LogP contribution is -2.30. The Morgan fingerprint density at radius 2 is 2.00 bits per heavy atom. The number of aryl methyl sites for hydroxylation is 1. The number of ether oxygens (including phenoxy) is 2. The van der Waals surface area contributed by atoms with Gasteiger partial charge in [-0.05, 0) is 57.2 Å². The maximum atomic E-state index is 12.7. The third kappa shape index (κ3) is 5.17. The van der Waals surface area contributed by atoms with Gasteiger partial charge in [-0.2, -0.15) is 0 Å². The highest BCUT2D eigenvalue weighted by atomic mass is 35.5.